The number of imidazole rings is 1. The van der Waals surface area contributed by atoms with E-state index in [0.29, 0.717) is 38.3 Å². The number of likely N-dealkylation sites (tertiary alicyclic amines) is 1. The van der Waals surface area contributed by atoms with Crippen LogP contribution in [0.15, 0.2) is 36.8 Å². The molecule has 2 aliphatic rings. The summed E-state index contributed by atoms with van der Waals surface area (Å²) in [5, 5.41) is 11.1. The number of hydrogen-bond donors (Lipinski definition) is 1. The largest absolute Gasteiger partial charge is 0.435 e. The Kier molecular flexibility index (Phi) is 13.2. The highest BCUT2D eigenvalue weighted by Crippen LogP contribution is 2.37. The molecule has 5 heterocycles. The van der Waals surface area contributed by atoms with Gasteiger partial charge in [-0.3, -0.25) is 14.4 Å². The van der Waals surface area contributed by atoms with Crippen LogP contribution in [0.4, 0.5) is 18.9 Å². The second kappa shape index (κ2) is 17.7. The van der Waals surface area contributed by atoms with E-state index < -0.39 is 25.9 Å². The molecule has 1 aromatic carbocycles. The van der Waals surface area contributed by atoms with Crippen LogP contribution >= 0.6 is 11.6 Å². The quantitative estimate of drug-likeness (QED) is 0.137. The highest BCUT2D eigenvalue weighted by Gasteiger charge is 2.39. The van der Waals surface area contributed by atoms with E-state index in [2.05, 4.69) is 52.1 Å². The molecule has 0 aliphatic carbocycles. The average Bonchev–Trinajstić information content (AvgIpc) is 3.90. The molecule has 20 heteroatoms. The minimum atomic E-state index is -4.86. The molecule has 0 atom stereocenters. The predicted octanol–water partition coefficient (Wildman–Crippen LogP) is 5.48. The maximum atomic E-state index is 14.5. The van der Waals surface area contributed by atoms with Gasteiger partial charge in [0.15, 0.2) is 17.3 Å². The van der Waals surface area contributed by atoms with Crippen LogP contribution in [0.25, 0.3) is 17.1 Å². The number of carbonyl (C=O) groups excluding carboxylic acids is 3. The molecule has 0 radical (unpaired) electrons. The summed E-state index contributed by atoms with van der Waals surface area (Å²) >= 11 is 6.55. The van der Waals surface area contributed by atoms with Gasteiger partial charge >= 0.3 is 6.18 Å². The van der Waals surface area contributed by atoms with Gasteiger partial charge < -0.3 is 34.1 Å². The number of nitrogens with zero attached hydrogens (tertiary/aromatic N) is 9. The zero-order chi connectivity index (χ0) is 41.9. The first-order valence-electron chi connectivity index (χ1n) is 19.1. The maximum Gasteiger partial charge on any atom is 0.435 e. The third-order valence-electron chi connectivity index (χ3n) is 10.4. The van der Waals surface area contributed by atoms with E-state index >= 15 is 0 Å². The minimum Gasteiger partial charge on any atom is -0.380 e. The van der Waals surface area contributed by atoms with Crippen molar-refractivity contribution in [3.05, 3.63) is 64.5 Å². The smallest absolute Gasteiger partial charge is 0.380 e. The van der Waals surface area contributed by atoms with E-state index in [1.54, 1.807) is 11.1 Å². The Morgan fingerprint density at radius 3 is 2.31 bits per heavy atom. The Hall–Kier alpha value is -4.56. The molecule has 0 spiro atoms. The van der Waals surface area contributed by atoms with Crippen LogP contribution in [-0.4, -0.2) is 130 Å². The maximum absolute atomic E-state index is 14.5. The lowest BCUT2D eigenvalue weighted by Crippen LogP contribution is -2.52. The standard InChI is InChI=1S/C38H50ClF3N10O5Si/c1-47-11-9-25(10-12-47)36(54)49-13-15-50(16-14-49)37(55)28-8-7-27(19-30(28)39)44-35(53)34-43-20-31(48(34)2)29-22-52(45-32(29)38(40,41)42)33-26(23-56-3)21-51(46-33)24-57-17-18-58(4,5)6/h7-8,19-22,25H,9-18,23-24H2,1-6H3,(H,44,53). The van der Waals surface area contributed by atoms with E-state index in [4.69, 9.17) is 21.1 Å². The third-order valence-corrected chi connectivity index (χ3v) is 12.4. The van der Waals surface area contributed by atoms with Crippen LogP contribution in [0.5, 0.6) is 0 Å². The van der Waals surface area contributed by atoms with E-state index in [1.165, 1.54) is 54.0 Å². The van der Waals surface area contributed by atoms with Gasteiger partial charge in [-0.15, -0.1) is 0 Å². The van der Waals surface area contributed by atoms with Crippen molar-refractivity contribution in [2.24, 2.45) is 13.0 Å². The average molecular weight is 847 g/mol. The molecule has 4 aromatic rings. The summed E-state index contributed by atoms with van der Waals surface area (Å²) in [6.45, 7) is 10.8. The summed E-state index contributed by atoms with van der Waals surface area (Å²) in [5.41, 5.74) is -0.544. The summed E-state index contributed by atoms with van der Waals surface area (Å²) < 4.78 is 58.3. The van der Waals surface area contributed by atoms with Crippen molar-refractivity contribution in [2.45, 2.75) is 58.0 Å². The van der Waals surface area contributed by atoms with Crippen LogP contribution in [-0.2, 0) is 40.8 Å². The molecule has 0 bridgehead atoms. The number of benzene rings is 1. The number of anilines is 1. The number of hydrogen-bond acceptors (Lipinski definition) is 9. The van der Waals surface area contributed by atoms with Crippen molar-refractivity contribution in [2.75, 3.05) is 65.3 Å². The van der Waals surface area contributed by atoms with Crippen LogP contribution in [0.3, 0.4) is 0 Å². The third kappa shape index (κ3) is 9.99. The molecule has 3 amide bonds. The van der Waals surface area contributed by atoms with E-state index in [0.717, 1.165) is 36.7 Å². The lowest BCUT2D eigenvalue weighted by atomic mass is 9.95. The zero-order valence-electron chi connectivity index (χ0n) is 33.6. The summed E-state index contributed by atoms with van der Waals surface area (Å²) in [5.74, 6) is -0.910. The molecule has 314 valence electrons. The molecule has 0 unspecified atom stereocenters. The van der Waals surface area contributed by atoms with Crippen LogP contribution in [0, 0.1) is 5.92 Å². The summed E-state index contributed by atoms with van der Waals surface area (Å²) in [6, 6.07) is 5.39. The predicted molar refractivity (Wildman–Crippen MR) is 213 cm³/mol. The molecule has 0 saturated carbocycles. The van der Waals surface area contributed by atoms with Crippen molar-refractivity contribution in [3.8, 4) is 17.1 Å². The van der Waals surface area contributed by atoms with Crippen molar-refractivity contribution < 1.29 is 37.0 Å². The SMILES string of the molecule is COCc1cn(COCC[Si](C)(C)C)nc1-n1cc(-c2cnc(C(=O)Nc3ccc(C(=O)N4CCN(C(=O)C5CCN(C)CC5)CC4)c(Cl)c3)n2C)c(C(F)(F)F)n1. The van der Waals surface area contributed by atoms with Crippen molar-refractivity contribution >= 4 is 43.1 Å². The molecule has 2 aliphatic heterocycles. The number of nitrogens with one attached hydrogen (secondary N) is 1. The van der Waals surface area contributed by atoms with Gasteiger partial charge in [0.25, 0.3) is 11.8 Å². The highest BCUT2D eigenvalue weighted by atomic mass is 35.5. The lowest BCUT2D eigenvalue weighted by molar-refractivity contribution is -0.141. The Morgan fingerprint density at radius 2 is 1.67 bits per heavy atom. The van der Waals surface area contributed by atoms with Gasteiger partial charge in [-0.25, -0.2) is 14.3 Å². The fourth-order valence-electron chi connectivity index (χ4n) is 7.02. The second-order valence-electron chi connectivity index (χ2n) is 16.0. The number of aromatic nitrogens is 6. The van der Waals surface area contributed by atoms with Gasteiger partial charge in [0, 0.05) is 84.6 Å². The number of piperazine rings is 1. The van der Waals surface area contributed by atoms with E-state index in [1.807, 2.05) is 4.90 Å². The Balaban J connectivity index is 1.13. The number of methoxy groups -OCH3 is 1. The molecular formula is C38H50ClF3N10O5Si. The molecule has 15 nitrogen and oxygen atoms in total. The topological polar surface area (TPSA) is 145 Å². The summed E-state index contributed by atoms with van der Waals surface area (Å²) in [7, 11) is 3.61. The zero-order valence-corrected chi connectivity index (χ0v) is 35.4. The van der Waals surface area contributed by atoms with Gasteiger partial charge in [0.1, 0.15) is 6.73 Å². The Morgan fingerprint density at radius 1 is 0.983 bits per heavy atom. The number of amides is 3. The molecular weight excluding hydrogens is 797 g/mol. The second-order valence-corrected chi connectivity index (χ2v) is 22.0. The van der Waals surface area contributed by atoms with Gasteiger partial charge in [-0.2, -0.15) is 23.4 Å². The van der Waals surface area contributed by atoms with Gasteiger partial charge in [0.05, 0.1) is 34.6 Å². The highest BCUT2D eigenvalue weighted by molar-refractivity contribution is 6.76. The Bertz CT molecular complexity index is 2110. The van der Waals surface area contributed by atoms with E-state index in [9.17, 15) is 27.6 Å². The van der Waals surface area contributed by atoms with Crippen molar-refractivity contribution in [1.82, 2.24) is 43.8 Å². The first-order chi connectivity index (χ1) is 27.4. The molecule has 3 aromatic heterocycles. The molecule has 1 N–H and O–H groups in total. The minimum absolute atomic E-state index is 0.0101. The number of ether oxygens (including phenoxy) is 2. The van der Waals surface area contributed by atoms with Crippen LogP contribution < -0.4 is 5.32 Å². The Labute approximate surface area is 341 Å². The van der Waals surface area contributed by atoms with Gasteiger partial charge in [-0.05, 0) is 57.2 Å². The molecule has 6 rings (SSSR count). The molecule has 2 fully saturated rings. The first kappa shape index (κ1) is 43.0. The number of carbonyl (C=O) groups is 3. The summed E-state index contributed by atoms with van der Waals surface area (Å²) in [4.78, 5) is 49.8. The number of halogens is 4. The van der Waals surface area contributed by atoms with Crippen LogP contribution in [0.2, 0.25) is 30.7 Å². The molecule has 2 saturated heterocycles. The van der Waals surface area contributed by atoms with Crippen LogP contribution in [0.1, 0.15) is 45.1 Å². The fraction of sp³-hybridized carbons (Fsp3) is 0.526. The normalized spacial score (nSPS) is 16.0. The van der Waals surface area contributed by atoms with Crippen molar-refractivity contribution in [1.29, 1.82) is 0 Å². The monoisotopic (exact) mass is 846 g/mol. The van der Waals surface area contributed by atoms with Crippen molar-refractivity contribution in [3.63, 3.8) is 0 Å². The van der Waals surface area contributed by atoms with E-state index in [-0.39, 0.29) is 70.2 Å². The fourth-order valence-corrected chi connectivity index (χ4v) is 8.04. The first-order valence-corrected chi connectivity index (χ1v) is 23.2. The number of piperidine rings is 1. The van der Waals surface area contributed by atoms with Gasteiger partial charge in [0.2, 0.25) is 5.91 Å². The van der Waals surface area contributed by atoms with Gasteiger partial charge in [-0.1, -0.05) is 31.2 Å². The number of alkyl halides is 3. The molecule has 58 heavy (non-hydrogen) atoms. The summed E-state index contributed by atoms with van der Waals surface area (Å²) in [6.07, 6.45) is 0.817. The lowest BCUT2D eigenvalue weighted by Gasteiger charge is -2.38. The number of rotatable bonds is 13.